The summed E-state index contributed by atoms with van der Waals surface area (Å²) in [5, 5.41) is 3.33. The fourth-order valence-electron chi connectivity index (χ4n) is 1.97. The third kappa shape index (κ3) is 4.10. The fourth-order valence-corrected chi connectivity index (χ4v) is 2.56. The van der Waals surface area contributed by atoms with Crippen LogP contribution in [-0.4, -0.2) is 11.6 Å². The van der Waals surface area contributed by atoms with Crippen molar-refractivity contribution in [3.05, 3.63) is 57.8 Å². The van der Waals surface area contributed by atoms with E-state index in [1.807, 2.05) is 31.2 Å². The lowest BCUT2D eigenvalue weighted by Crippen LogP contribution is -2.80. The summed E-state index contributed by atoms with van der Waals surface area (Å²) in [7, 11) is 0. The molecular formula is C15H17Cl2N2O+. The number of pyridine rings is 1. The van der Waals surface area contributed by atoms with E-state index in [-0.39, 0.29) is 0 Å². The molecule has 106 valence electrons. The minimum atomic E-state index is 0.556. The summed E-state index contributed by atoms with van der Waals surface area (Å²) in [4.78, 5) is 4.29. The minimum absolute atomic E-state index is 0.556. The van der Waals surface area contributed by atoms with Crippen molar-refractivity contribution in [1.82, 2.24) is 4.98 Å². The molecule has 5 heteroatoms. The highest BCUT2D eigenvalue weighted by molar-refractivity contribution is 6.35. The highest BCUT2D eigenvalue weighted by atomic mass is 35.5. The molecular weight excluding hydrogens is 295 g/mol. The van der Waals surface area contributed by atoms with Gasteiger partial charge >= 0.3 is 0 Å². The SMILES string of the molecule is CCOc1c(Cl)cc(Cl)cc1C[NH2+]Cc1ccccn1. The van der Waals surface area contributed by atoms with Crippen molar-refractivity contribution in [3.63, 3.8) is 0 Å². The monoisotopic (exact) mass is 311 g/mol. The largest absolute Gasteiger partial charge is 0.492 e. The Morgan fingerprint density at radius 3 is 2.75 bits per heavy atom. The molecule has 2 rings (SSSR count). The molecule has 1 aromatic heterocycles. The summed E-state index contributed by atoms with van der Waals surface area (Å²) in [6.07, 6.45) is 1.80. The van der Waals surface area contributed by atoms with Crippen molar-refractivity contribution in [2.75, 3.05) is 6.61 Å². The van der Waals surface area contributed by atoms with Crippen LogP contribution in [0.4, 0.5) is 0 Å². The average molecular weight is 312 g/mol. The maximum absolute atomic E-state index is 6.17. The van der Waals surface area contributed by atoms with Crippen LogP contribution in [0.15, 0.2) is 36.5 Å². The van der Waals surface area contributed by atoms with Crippen molar-refractivity contribution in [2.45, 2.75) is 20.0 Å². The van der Waals surface area contributed by atoms with Crippen LogP contribution in [0, 0.1) is 0 Å². The first kappa shape index (κ1) is 15.1. The molecule has 0 aliphatic rings. The summed E-state index contributed by atoms with van der Waals surface area (Å²) < 4.78 is 5.60. The molecule has 0 amide bonds. The lowest BCUT2D eigenvalue weighted by Gasteiger charge is -2.11. The van der Waals surface area contributed by atoms with E-state index in [0.717, 1.165) is 30.1 Å². The average Bonchev–Trinajstić information content (AvgIpc) is 2.43. The second kappa shape index (κ2) is 7.48. The molecule has 20 heavy (non-hydrogen) atoms. The van der Waals surface area contributed by atoms with Crippen LogP contribution < -0.4 is 10.1 Å². The smallest absolute Gasteiger partial charge is 0.146 e. The first-order valence-electron chi connectivity index (χ1n) is 6.53. The van der Waals surface area contributed by atoms with Crippen molar-refractivity contribution in [1.29, 1.82) is 0 Å². The van der Waals surface area contributed by atoms with Gasteiger partial charge in [-0.1, -0.05) is 29.3 Å². The Balaban J connectivity index is 2.05. The third-order valence-electron chi connectivity index (χ3n) is 2.82. The zero-order chi connectivity index (χ0) is 14.4. The number of quaternary nitrogens is 1. The summed E-state index contributed by atoms with van der Waals surface area (Å²) >= 11 is 12.2. The van der Waals surface area contributed by atoms with Gasteiger partial charge in [-0.25, -0.2) is 0 Å². The molecule has 2 aromatic rings. The number of nitrogens with two attached hydrogens (primary N) is 1. The second-order valence-corrected chi connectivity index (χ2v) is 5.17. The van der Waals surface area contributed by atoms with Gasteiger partial charge in [0.15, 0.2) is 0 Å². The lowest BCUT2D eigenvalue weighted by molar-refractivity contribution is -0.686. The van der Waals surface area contributed by atoms with Gasteiger partial charge in [0.25, 0.3) is 0 Å². The maximum Gasteiger partial charge on any atom is 0.146 e. The Kier molecular flexibility index (Phi) is 5.65. The Labute approximate surface area is 128 Å². The highest BCUT2D eigenvalue weighted by Crippen LogP contribution is 2.31. The van der Waals surface area contributed by atoms with E-state index in [0.29, 0.717) is 16.7 Å². The molecule has 0 aliphatic heterocycles. The third-order valence-corrected chi connectivity index (χ3v) is 3.32. The topological polar surface area (TPSA) is 38.7 Å². The van der Waals surface area contributed by atoms with E-state index >= 15 is 0 Å². The van der Waals surface area contributed by atoms with Crippen LogP contribution in [0.5, 0.6) is 5.75 Å². The van der Waals surface area contributed by atoms with Crippen molar-refractivity contribution >= 4 is 23.2 Å². The predicted molar refractivity (Wildman–Crippen MR) is 81.2 cm³/mol. The molecule has 1 heterocycles. The Hall–Kier alpha value is -1.29. The van der Waals surface area contributed by atoms with Gasteiger partial charge in [0.1, 0.15) is 18.8 Å². The molecule has 1 aromatic carbocycles. The van der Waals surface area contributed by atoms with Gasteiger partial charge in [0.05, 0.1) is 22.9 Å². The van der Waals surface area contributed by atoms with Gasteiger partial charge in [0.2, 0.25) is 0 Å². The first-order valence-corrected chi connectivity index (χ1v) is 7.28. The van der Waals surface area contributed by atoms with Crippen molar-refractivity contribution in [2.24, 2.45) is 0 Å². The number of halogens is 2. The summed E-state index contributed by atoms with van der Waals surface area (Å²) in [5.41, 5.74) is 2.04. The Morgan fingerprint density at radius 1 is 1.20 bits per heavy atom. The minimum Gasteiger partial charge on any atom is -0.492 e. The van der Waals surface area contributed by atoms with Crippen LogP contribution in [0.2, 0.25) is 10.0 Å². The quantitative estimate of drug-likeness (QED) is 0.890. The predicted octanol–water partition coefficient (Wildman–Crippen LogP) is 3.05. The lowest BCUT2D eigenvalue weighted by atomic mass is 10.2. The normalized spacial score (nSPS) is 10.6. The zero-order valence-electron chi connectivity index (χ0n) is 11.3. The molecule has 0 radical (unpaired) electrons. The second-order valence-electron chi connectivity index (χ2n) is 4.33. The van der Waals surface area contributed by atoms with Crippen LogP contribution in [0.1, 0.15) is 18.2 Å². The molecule has 0 saturated heterocycles. The Morgan fingerprint density at radius 2 is 2.05 bits per heavy atom. The Bertz CT molecular complexity index is 561. The summed E-state index contributed by atoms with van der Waals surface area (Å²) in [6.45, 7) is 4.06. The van der Waals surface area contributed by atoms with Crippen LogP contribution in [0.25, 0.3) is 0 Å². The number of benzene rings is 1. The molecule has 0 aliphatic carbocycles. The number of rotatable bonds is 6. The van der Waals surface area contributed by atoms with E-state index in [1.54, 1.807) is 12.3 Å². The number of hydrogen-bond donors (Lipinski definition) is 1. The molecule has 0 saturated carbocycles. The van der Waals surface area contributed by atoms with Gasteiger partial charge in [-0.15, -0.1) is 0 Å². The molecule has 0 bridgehead atoms. The number of hydrogen-bond acceptors (Lipinski definition) is 2. The molecule has 0 unspecified atom stereocenters. The maximum atomic E-state index is 6.17. The van der Waals surface area contributed by atoms with E-state index in [9.17, 15) is 0 Å². The standard InChI is InChI=1S/C15H16Cl2N2O/c1-2-20-15-11(7-12(16)8-14(15)17)9-18-10-13-5-3-4-6-19-13/h3-8,18H,2,9-10H2,1H3/p+1. The number of nitrogens with zero attached hydrogens (tertiary/aromatic N) is 1. The summed E-state index contributed by atoms with van der Waals surface area (Å²) in [6, 6.07) is 9.50. The molecule has 0 atom stereocenters. The van der Waals surface area contributed by atoms with Gasteiger partial charge in [-0.3, -0.25) is 4.98 Å². The summed E-state index contributed by atoms with van der Waals surface area (Å²) in [5.74, 6) is 0.718. The number of ether oxygens (including phenoxy) is 1. The van der Waals surface area contributed by atoms with Gasteiger partial charge in [-0.05, 0) is 31.2 Å². The molecule has 0 spiro atoms. The van der Waals surface area contributed by atoms with E-state index in [1.165, 1.54) is 0 Å². The van der Waals surface area contributed by atoms with Gasteiger partial charge in [0, 0.05) is 11.2 Å². The van der Waals surface area contributed by atoms with Gasteiger partial charge < -0.3 is 10.1 Å². The van der Waals surface area contributed by atoms with Crippen LogP contribution in [-0.2, 0) is 13.1 Å². The molecule has 2 N–H and O–H groups in total. The van der Waals surface area contributed by atoms with E-state index in [4.69, 9.17) is 27.9 Å². The van der Waals surface area contributed by atoms with E-state index in [2.05, 4.69) is 10.3 Å². The molecule has 0 fully saturated rings. The fraction of sp³-hybridized carbons (Fsp3) is 0.267. The van der Waals surface area contributed by atoms with E-state index < -0.39 is 0 Å². The van der Waals surface area contributed by atoms with Crippen LogP contribution >= 0.6 is 23.2 Å². The van der Waals surface area contributed by atoms with Crippen molar-refractivity contribution < 1.29 is 10.1 Å². The highest BCUT2D eigenvalue weighted by Gasteiger charge is 2.12. The number of aromatic nitrogens is 1. The molecule has 3 nitrogen and oxygen atoms in total. The van der Waals surface area contributed by atoms with Crippen LogP contribution in [0.3, 0.4) is 0 Å². The first-order chi connectivity index (χ1) is 9.70. The van der Waals surface area contributed by atoms with Crippen molar-refractivity contribution in [3.8, 4) is 5.75 Å². The zero-order valence-corrected chi connectivity index (χ0v) is 12.8. The van der Waals surface area contributed by atoms with Gasteiger partial charge in [-0.2, -0.15) is 0 Å².